The van der Waals surface area contributed by atoms with Gasteiger partial charge in [0, 0.05) is 38.8 Å². The summed E-state index contributed by atoms with van der Waals surface area (Å²) in [6.07, 6.45) is 2.90. The minimum absolute atomic E-state index is 0. The van der Waals surface area contributed by atoms with Gasteiger partial charge in [-0.2, -0.15) is 0 Å². The van der Waals surface area contributed by atoms with E-state index in [2.05, 4.69) is 15.6 Å². The predicted octanol–water partition coefficient (Wildman–Crippen LogP) is -2.68. The number of aliphatic carboxylic acids is 1. The van der Waals surface area contributed by atoms with E-state index in [0.29, 0.717) is 25.2 Å². The Balaban J connectivity index is 0.00000288. The van der Waals surface area contributed by atoms with Crippen molar-refractivity contribution in [3.8, 4) is 0 Å². The van der Waals surface area contributed by atoms with Gasteiger partial charge in [-0.25, -0.2) is 4.68 Å². The van der Waals surface area contributed by atoms with Crippen LogP contribution in [-0.2, 0) is 16.0 Å². The average Bonchev–Trinajstić information content (AvgIpc) is 3.02. The molecule has 1 aliphatic heterocycles. The van der Waals surface area contributed by atoms with Crippen molar-refractivity contribution in [3.05, 3.63) is 11.9 Å². The van der Waals surface area contributed by atoms with E-state index < -0.39 is 5.97 Å². The van der Waals surface area contributed by atoms with Gasteiger partial charge in [-0.15, -0.1) is 5.10 Å². The van der Waals surface area contributed by atoms with Gasteiger partial charge in [0.15, 0.2) is 0 Å². The lowest BCUT2D eigenvalue weighted by atomic mass is 9.97. The number of nitrogens with one attached hydrogen (secondary N) is 1. The van der Waals surface area contributed by atoms with Crippen LogP contribution in [0.15, 0.2) is 6.20 Å². The largest absolute Gasteiger partial charge is 1.00 e. The summed E-state index contributed by atoms with van der Waals surface area (Å²) in [5.41, 5.74) is 0.605. The van der Waals surface area contributed by atoms with E-state index in [1.807, 2.05) is 18.7 Å². The summed E-state index contributed by atoms with van der Waals surface area (Å²) in [4.78, 5) is 25.4. The van der Waals surface area contributed by atoms with Crippen molar-refractivity contribution in [2.45, 2.75) is 39.2 Å². The molecule has 1 aromatic rings. The first-order chi connectivity index (χ1) is 11.0. The van der Waals surface area contributed by atoms with Crippen molar-refractivity contribution in [1.82, 2.24) is 25.2 Å². The molecule has 1 amide bonds. The first kappa shape index (κ1) is 20.4. The number of piperazine rings is 1. The molecule has 1 fully saturated rings. The zero-order valence-corrected chi connectivity index (χ0v) is 14.9. The molecule has 9 heteroatoms. The number of amides is 1. The molecule has 0 unspecified atom stereocenters. The molecule has 2 heterocycles. The van der Waals surface area contributed by atoms with Crippen molar-refractivity contribution in [2.75, 3.05) is 26.2 Å². The van der Waals surface area contributed by atoms with E-state index >= 15 is 0 Å². The summed E-state index contributed by atoms with van der Waals surface area (Å²) in [6, 6.07) is -0.385. The minimum Gasteiger partial charge on any atom is -1.00 e. The number of carboxylic acids is 1. The Morgan fingerprint density at radius 1 is 1.38 bits per heavy atom. The zero-order valence-electron chi connectivity index (χ0n) is 14.1. The number of carbonyl (C=O) groups excluding carboxylic acids is 1. The van der Waals surface area contributed by atoms with Gasteiger partial charge in [-0.1, -0.05) is 25.5 Å². The zero-order chi connectivity index (χ0) is 16.8. The van der Waals surface area contributed by atoms with Crippen LogP contribution >= 0.6 is 0 Å². The van der Waals surface area contributed by atoms with Crippen LogP contribution in [0.1, 0.15) is 38.4 Å². The molecule has 8 nitrogen and oxygen atoms in total. The Morgan fingerprint density at radius 2 is 2.04 bits per heavy atom. The molecule has 0 saturated carbocycles. The molecule has 24 heavy (non-hydrogen) atoms. The normalized spacial score (nSPS) is 17.0. The number of halogens is 1. The van der Waals surface area contributed by atoms with Gasteiger partial charge in [0.2, 0.25) is 5.91 Å². The molecule has 2 N–H and O–H groups in total. The summed E-state index contributed by atoms with van der Waals surface area (Å²) in [5, 5.41) is 20.1. The summed E-state index contributed by atoms with van der Waals surface area (Å²) in [5.74, 6) is -0.670. The summed E-state index contributed by atoms with van der Waals surface area (Å²) < 4.78 is 1.61. The first-order valence-electron chi connectivity index (χ1n) is 8.15. The Morgan fingerprint density at radius 3 is 2.62 bits per heavy atom. The molecule has 1 aromatic heterocycles. The smallest absolute Gasteiger partial charge is 0.303 e. The van der Waals surface area contributed by atoms with E-state index in [1.54, 1.807) is 10.9 Å². The number of carboxylic acid groups (broad SMARTS) is 1. The van der Waals surface area contributed by atoms with Crippen LogP contribution in [0.5, 0.6) is 0 Å². The summed E-state index contributed by atoms with van der Waals surface area (Å²) in [6.45, 7) is 7.09. The highest BCUT2D eigenvalue weighted by atomic mass is 35.5. The van der Waals surface area contributed by atoms with Gasteiger partial charge in [0.25, 0.3) is 0 Å². The lowest BCUT2D eigenvalue weighted by molar-refractivity contribution is -0.138. The standard InChI is InChI=1S/C15H25N5O3.ClH/c1-3-11(2)14(15(23)19-8-6-16-7-9-19)20-10-12(17-18-20)4-5-13(21)22;/h10-11,14,16H,3-9H2,1-2H3,(H,21,22);1H/p-1/t11-,14+;/m1./s1. The SMILES string of the molecule is CC[C@@H](C)[C@@H](C(=O)N1CCNCC1)n1cc(CCC(=O)O)nn1.[Cl-]. The van der Waals surface area contributed by atoms with Crippen LogP contribution < -0.4 is 17.7 Å². The first-order valence-corrected chi connectivity index (χ1v) is 8.15. The summed E-state index contributed by atoms with van der Waals surface area (Å²) >= 11 is 0. The van der Waals surface area contributed by atoms with E-state index in [4.69, 9.17) is 5.11 Å². The molecule has 0 spiro atoms. The number of nitrogens with zero attached hydrogens (tertiary/aromatic N) is 4. The van der Waals surface area contributed by atoms with Gasteiger partial charge < -0.3 is 27.7 Å². The third-order valence-corrected chi connectivity index (χ3v) is 4.30. The van der Waals surface area contributed by atoms with Crippen molar-refractivity contribution in [2.24, 2.45) is 5.92 Å². The minimum atomic E-state index is -0.866. The van der Waals surface area contributed by atoms with Gasteiger partial charge in [0.05, 0.1) is 12.1 Å². The van der Waals surface area contributed by atoms with Gasteiger partial charge in [-0.3, -0.25) is 9.59 Å². The number of aromatic nitrogens is 3. The Kier molecular flexibility index (Phi) is 8.14. The quantitative estimate of drug-likeness (QED) is 0.551. The molecule has 1 saturated heterocycles. The molecular formula is C15H25ClN5O3-. The number of hydrogen-bond donors (Lipinski definition) is 2. The lowest BCUT2D eigenvalue weighted by Gasteiger charge is -2.32. The van der Waals surface area contributed by atoms with Crippen LogP contribution in [0, 0.1) is 5.92 Å². The molecule has 0 aromatic carbocycles. The molecular weight excluding hydrogens is 334 g/mol. The van der Waals surface area contributed by atoms with Crippen LogP contribution in [-0.4, -0.2) is 63.1 Å². The molecule has 136 valence electrons. The Bertz CT molecular complexity index is 545. The molecule has 2 rings (SSSR count). The van der Waals surface area contributed by atoms with Crippen LogP contribution in [0.2, 0.25) is 0 Å². The van der Waals surface area contributed by atoms with Crippen molar-refractivity contribution in [1.29, 1.82) is 0 Å². The molecule has 0 radical (unpaired) electrons. The molecule has 1 aliphatic rings. The van der Waals surface area contributed by atoms with Gasteiger partial charge in [0.1, 0.15) is 6.04 Å². The maximum atomic E-state index is 12.9. The van der Waals surface area contributed by atoms with E-state index in [-0.39, 0.29) is 36.7 Å². The highest BCUT2D eigenvalue weighted by Gasteiger charge is 2.31. The fourth-order valence-corrected chi connectivity index (χ4v) is 2.71. The average molecular weight is 359 g/mol. The second kappa shape index (κ2) is 9.58. The van der Waals surface area contributed by atoms with Gasteiger partial charge >= 0.3 is 5.97 Å². The second-order valence-corrected chi connectivity index (χ2v) is 5.99. The van der Waals surface area contributed by atoms with Crippen molar-refractivity contribution >= 4 is 11.9 Å². The Hall–Kier alpha value is -1.67. The maximum Gasteiger partial charge on any atom is 0.303 e. The lowest BCUT2D eigenvalue weighted by Crippen LogP contribution is -3.00. The topological polar surface area (TPSA) is 100 Å². The van der Waals surface area contributed by atoms with Gasteiger partial charge in [-0.05, 0) is 5.92 Å². The van der Waals surface area contributed by atoms with E-state index in [0.717, 1.165) is 19.5 Å². The van der Waals surface area contributed by atoms with Crippen molar-refractivity contribution in [3.63, 3.8) is 0 Å². The fourth-order valence-electron chi connectivity index (χ4n) is 2.71. The second-order valence-electron chi connectivity index (χ2n) is 5.99. The van der Waals surface area contributed by atoms with Crippen LogP contribution in [0.25, 0.3) is 0 Å². The van der Waals surface area contributed by atoms with E-state index in [9.17, 15) is 9.59 Å². The number of rotatable bonds is 7. The molecule has 2 atom stereocenters. The van der Waals surface area contributed by atoms with Crippen LogP contribution in [0.4, 0.5) is 0 Å². The fraction of sp³-hybridized carbons (Fsp3) is 0.733. The Labute approximate surface area is 148 Å². The third-order valence-electron chi connectivity index (χ3n) is 4.30. The highest BCUT2D eigenvalue weighted by Crippen LogP contribution is 2.23. The third kappa shape index (κ3) is 5.17. The monoisotopic (exact) mass is 358 g/mol. The number of carbonyl (C=O) groups is 2. The maximum absolute atomic E-state index is 12.9. The van der Waals surface area contributed by atoms with Crippen molar-refractivity contribution < 1.29 is 27.1 Å². The van der Waals surface area contributed by atoms with Crippen LogP contribution in [0.3, 0.4) is 0 Å². The number of aryl methyl sites for hydroxylation is 1. The number of hydrogen-bond acceptors (Lipinski definition) is 5. The predicted molar refractivity (Wildman–Crippen MR) is 83.9 cm³/mol. The highest BCUT2D eigenvalue weighted by molar-refractivity contribution is 5.80. The summed E-state index contributed by atoms with van der Waals surface area (Å²) in [7, 11) is 0. The molecule has 0 aliphatic carbocycles. The van der Waals surface area contributed by atoms with E-state index in [1.165, 1.54) is 0 Å². The molecule has 0 bridgehead atoms.